The second kappa shape index (κ2) is 5.04. The Morgan fingerprint density at radius 3 is 2.53 bits per heavy atom. The molecule has 0 spiro atoms. The Morgan fingerprint density at radius 2 is 1.95 bits per heavy atom. The molecule has 1 heterocycles. The van der Waals surface area contributed by atoms with Gasteiger partial charge in [-0.2, -0.15) is 0 Å². The number of carbonyl (C=O) groups excluding carboxylic acids is 1. The fourth-order valence-electron chi connectivity index (χ4n) is 2.64. The van der Waals surface area contributed by atoms with Gasteiger partial charge in [-0.25, -0.2) is 12.8 Å². The molecule has 0 aromatic heterocycles. The molecule has 1 fully saturated rings. The number of ketones is 1. The van der Waals surface area contributed by atoms with Crippen molar-refractivity contribution in [3.05, 3.63) is 34.6 Å². The molecule has 104 valence electrons. The minimum Gasteiger partial charge on any atom is -0.293 e. The van der Waals surface area contributed by atoms with Crippen LogP contribution >= 0.6 is 0 Å². The fourth-order valence-corrected chi connectivity index (χ4v) is 4.50. The Hall–Kier alpha value is -1.23. The number of Topliss-reactive ketones (excluding diaryl/α,β-unsaturated/α-hetero) is 1. The molecule has 1 unspecified atom stereocenters. The maximum absolute atomic E-state index is 14.0. The second-order valence-electron chi connectivity index (χ2n) is 5.15. The van der Waals surface area contributed by atoms with Crippen LogP contribution in [0.1, 0.15) is 40.7 Å². The number of sulfone groups is 1. The number of rotatable bonds is 2. The molecule has 1 aromatic carbocycles. The van der Waals surface area contributed by atoms with Crippen LogP contribution in [0.3, 0.4) is 0 Å². The molecule has 0 amide bonds. The van der Waals surface area contributed by atoms with E-state index in [4.69, 9.17) is 0 Å². The number of hydrogen-bond donors (Lipinski definition) is 0. The number of aryl methyl sites for hydroxylation is 2. The summed E-state index contributed by atoms with van der Waals surface area (Å²) in [7, 11) is -3.43. The summed E-state index contributed by atoms with van der Waals surface area (Å²) in [6, 6.07) is 2.97. The predicted molar refractivity (Wildman–Crippen MR) is 71.6 cm³/mol. The van der Waals surface area contributed by atoms with Crippen molar-refractivity contribution in [2.24, 2.45) is 0 Å². The molecular weight excluding hydrogens is 267 g/mol. The van der Waals surface area contributed by atoms with Gasteiger partial charge in [-0.3, -0.25) is 4.79 Å². The number of hydrogen-bond acceptors (Lipinski definition) is 3. The first-order chi connectivity index (χ1) is 8.83. The summed E-state index contributed by atoms with van der Waals surface area (Å²) in [5, 5.41) is -1.07. The number of benzene rings is 1. The molecule has 2 rings (SSSR count). The summed E-state index contributed by atoms with van der Waals surface area (Å²) in [4.78, 5) is 12.3. The van der Waals surface area contributed by atoms with Crippen molar-refractivity contribution in [3.8, 4) is 0 Å². The van der Waals surface area contributed by atoms with Crippen LogP contribution in [0.4, 0.5) is 4.39 Å². The molecule has 0 saturated carbocycles. The van der Waals surface area contributed by atoms with Gasteiger partial charge in [0.1, 0.15) is 11.1 Å². The lowest BCUT2D eigenvalue weighted by Gasteiger charge is -2.22. The largest absolute Gasteiger partial charge is 0.293 e. The van der Waals surface area contributed by atoms with Gasteiger partial charge in [-0.05, 0) is 43.9 Å². The molecule has 0 bridgehead atoms. The van der Waals surface area contributed by atoms with E-state index in [1.165, 1.54) is 6.07 Å². The van der Waals surface area contributed by atoms with Gasteiger partial charge in [0.05, 0.1) is 11.3 Å². The highest BCUT2D eigenvalue weighted by molar-refractivity contribution is 7.92. The third-order valence-electron chi connectivity index (χ3n) is 3.55. The summed E-state index contributed by atoms with van der Waals surface area (Å²) >= 11 is 0. The zero-order valence-corrected chi connectivity index (χ0v) is 11.9. The van der Waals surface area contributed by atoms with E-state index < -0.39 is 26.7 Å². The van der Waals surface area contributed by atoms with E-state index in [0.717, 1.165) is 5.56 Å². The van der Waals surface area contributed by atoms with Crippen LogP contribution in [0.5, 0.6) is 0 Å². The third-order valence-corrected chi connectivity index (χ3v) is 5.72. The predicted octanol–water partition coefficient (Wildman–Crippen LogP) is 2.59. The van der Waals surface area contributed by atoms with E-state index in [1.807, 2.05) is 0 Å². The Kier molecular flexibility index (Phi) is 3.76. The van der Waals surface area contributed by atoms with Gasteiger partial charge in [0.15, 0.2) is 15.6 Å². The summed E-state index contributed by atoms with van der Waals surface area (Å²) in [6.07, 6.45) is 1.58. The van der Waals surface area contributed by atoms with Gasteiger partial charge in [-0.1, -0.05) is 12.5 Å². The van der Waals surface area contributed by atoms with Crippen LogP contribution in [-0.4, -0.2) is 25.2 Å². The quantitative estimate of drug-likeness (QED) is 0.784. The minimum absolute atomic E-state index is 0.0237. The minimum atomic E-state index is -3.43. The van der Waals surface area contributed by atoms with Crippen molar-refractivity contribution in [1.82, 2.24) is 0 Å². The van der Waals surface area contributed by atoms with Crippen molar-refractivity contribution in [1.29, 1.82) is 0 Å². The van der Waals surface area contributed by atoms with Crippen LogP contribution in [0.15, 0.2) is 12.1 Å². The maximum Gasteiger partial charge on any atom is 0.184 e. The highest BCUT2D eigenvalue weighted by Gasteiger charge is 2.36. The molecule has 0 N–H and O–H groups in total. The Balaban J connectivity index is 2.45. The van der Waals surface area contributed by atoms with Crippen molar-refractivity contribution in [2.45, 2.75) is 38.4 Å². The first-order valence-corrected chi connectivity index (χ1v) is 8.07. The molecule has 1 atom stereocenters. The van der Waals surface area contributed by atoms with Crippen LogP contribution in [0, 0.1) is 19.7 Å². The number of halogens is 1. The molecule has 1 aliphatic heterocycles. The zero-order valence-electron chi connectivity index (χ0n) is 11.1. The Bertz CT molecular complexity index is 597. The Labute approximate surface area is 112 Å². The topological polar surface area (TPSA) is 51.2 Å². The summed E-state index contributed by atoms with van der Waals surface area (Å²) in [5.41, 5.74) is 1.15. The van der Waals surface area contributed by atoms with E-state index in [0.29, 0.717) is 24.8 Å². The normalized spacial score (nSPS) is 22.2. The van der Waals surface area contributed by atoms with Gasteiger partial charge in [0.2, 0.25) is 0 Å². The first kappa shape index (κ1) is 14.2. The molecule has 3 nitrogen and oxygen atoms in total. The molecular formula is C14H17FO3S. The van der Waals surface area contributed by atoms with Crippen LogP contribution in [0.25, 0.3) is 0 Å². The van der Waals surface area contributed by atoms with Crippen LogP contribution in [-0.2, 0) is 9.84 Å². The average Bonchev–Trinajstić information content (AvgIpc) is 2.26. The molecule has 0 aliphatic carbocycles. The van der Waals surface area contributed by atoms with Crippen molar-refractivity contribution in [2.75, 3.05) is 5.75 Å². The van der Waals surface area contributed by atoms with Gasteiger partial charge < -0.3 is 0 Å². The first-order valence-electron chi connectivity index (χ1n) is 6.35. The van der Waals surface area contributed by atoms with Crippen molar-refractivity contribution >= 4 is 15.6 Å². The maximum atomic E-state index is 14.0. The molecule has 1 aromatic rings. The highest BCUT2D eigenvalue weighted by Crippen LogP contribution is 2.26. The Morgan fingerprint density at radius 1 is 1.26 bits per heavy atom. The molecule has 0 radical (unpaired) electrons. The van der Waals surface area contributed by atoms with Gasteiger partial charge in [0.25, 0.3) is 0 Å². The van der Waals surface area contributed by atoms with E-state index in [1.54, 1.807) is 19.9 Å². The lowest BCUT2D eigenvalue weighted by atomic mass is 9.97. The lowest BCUT2D eigenvalue weighted by Crippen LogP contribution is -2.36. The fraction of sp³-hybridized carbons (Fsp3) is 0.500. The van der Waals surface area contributed by atoms with E-state index >= 15 is 0 Å². The monoisotopic (exact) mass is 284 g/mol. The van der Waals surface area contributed by atoms with E-state index in [2.05, 4.69) is 0 Å². The van der Waals surface area contributed by atoms with Crippen molar-refractivity contribution in [3.63, 3.8) is 0 Å². The zero-order chi connectivity index (χ0) is 14.2. The van der Waals surface area contributed by atoms with Crippen LogP contribution in [0.2, 0.25) is 0 Å². The molecule has 5 heteroatoms. The van der Waals surface area contributed by atoms with E-state index in [9.17, 15) is 17.6 Å². The summed E-state index contributed by atoms with van der Waals surface area (Å²) in [6.45, 7) is 3.38. The van der Waals surface area contributed by atoms with Gasteiger partial charge in [-0.15, -0.1) is 0 Å². The SMILES string of the molecule is Cc1cc(C)c(C(=O)C2CCCCS2(=O)=O)c(F)c1. The van der Waals surface area contributed by atoms with Gasteiger partial charge >= 0.3 is 0 Å². The third kappa shape index (κ3) is 2.71. The molecule has 1 saturated heterocycles. The standard InChI is InChI=1S/C14H17FO3S/c1-9-7-10(2)13(11(15)8-9)14(16)12-5-3-4-6-19(12,17)18/h7-8,12H,3-6H2,1-2H3. The number of carbonyl (C=O) groups is 1. The highest BCUT2D eigenvalue weighted by atomic mass is 32.2. The molecule has 1 aliphatic rings. The van der Waals surface area contributed by atoms with Crippen molar-refractivity contribution < 1.29 is 17.6 Å². The lowest BCUT2D eigenvalue weighted by molar-refractivity contribution is 0.0977. The molecule has 19 heavy (non-hydrogen) atoms. The summed E-state index contributed by atoms with van der Waals surface area (Å²) < 4.78 is 37.8. The smallest absolute Gasteiger partial charge is 0.184 e. The van der Waals surface area contributed by atoms with E-state index in [-0.39, 0.29) is 11.3 Å². The van der Waals surface area contributed by atoms with Gasteiger partial charge in [0, 0.05) is 0 Å². The average molecular weight is 284 g/mol. The second-order valence-corrected chi connectivity index (χ2v) is 7.46. The summed E-state index contributed by atoms with van der Waals surface area (Å²) in [5.74, 6) is -1.19. The van der Waals surface area contributed by atoms with Crippen LogP contribution < -0.4 is 0 Å².